The first kappa shape index (κ1) is 12.0. The number of carbonyl (C=O) groups excluding carboxylic acids is 1. The van der Waals surface area contributed by atoms with Crippen LogP contribution < -0.4 is 11.1 Å². The SMILES string of the molecule is Cc1[nH]nc(NC(=O)c2c(F)cccc2F)c1N. The Bertz CT molecular complexity index is 589. The Morgan fingerprint density at radius 3 is 2.50 bits per heavy atom. The first-order valence-electron chi connectivity index (χ1n) is 5.06. The van der Waals surface area contributed by atoms with E-state index in [1.165, 1.54) is 6.07 Å². The molecule has 0 spiro atoms. The molecule has 94 valence electrons. The Balaban J connectivity index is 2.31. The van der Waals surface area contributed by atoms with E-state index in [4.69, 9.17) is 5.73 Å². The van der Waals surface area contributed by atoms with Crippen molar-refractivity contribution in [3.63, 3.8) is 0 Å². The molecule has 0 aliphatic carbocycles. The van der Waals surface area contributed by atoms with Crippen LogP contribution in [0.25, 0.3) is 0 Å². The van der Waals surface area contributed by atoms with Gasteiger partial charge < -0.3 is 11.1 Å². The Kier molecular flexibility index (Phi) is 2.97. The third-order valence-electron chi connectivity index (χ3n) is 2.42. The van der Waals surface area contributed by atoms with Crippen molar-refractivity contribution in [3.05, 3.63) is 41.1 Å². The molecule has 1 aromatic heterocycles. The average Bonchev–Trinajstić information content (AvgIpc) is 2.61. The summed E-state index contributed by atoms with van der Waals surface area (Å²) in [4.78, 5) is 11.7. The van der Waals surface area contributed by atoms with Gasteiger partial charge in [0.1, 0.15) is 17.2 Å². The highest BCUT2D eigenvalue weighted by molar-refractivity contribution is 6.05. The first-order valence-corrected chi connectivity index (χ1v) is 5.06. The van der Waals surface area contributed by atoms with E-state index in [-0.39, 0.29) is 11.5 Å². The maximum absolute atomic E-state index is 13.3. The van der Waals surface area contributed by atoms with E-state index >= 15 is 0 Å². The number of benzene rings is 1. The predicted molar refractivity (Wildman–Crippen MR) is 62.0 cm³/mol. The predicted octanol–water partition coefficient (Wildman–Crippen LogP) is 1.83. The monoisotopic (exact) mass is 252 g/mol. The number of aromatic nitrogens is 2. The van der Waals surface area contributed by atoms with E-state index in [9.17, 15) is 13.6 Å². The zero-order valence-corrected chi connectivity index (χ0v) is 9.42. The molecule has 0 saturated carbocycles. The minimum Gasteiger partial charge on any atom is -0.394 e. The number of hydrogen-bond acceptors (Lipinski definition) is 3. The number of carbonyl (C=O) groups is 1. The molecule has 1 aromatic carbocycles. The fraction of sp³-hybridized carbons (Fsp3) is 0.0909. The molecule has 0 bridgehead atoms. The molecule has 18 heavy (non-hydrogen) atoms. The average molecular weight is 252 g/mol. The lowest BCUT2D eigenvalue weighted by Gasteiger charge is -2.05. The summed E-state index contributed by atoms with van der Waals surface area (Å²) in [6, 6.07) is 3.17. The molecule has 0 atom stereocenters. The highest BCUT2D eigenvalue weighted by Crippen LogP contribution is 2.20. The van der Waals surface area contributed by atoms with Crippen molar-refractivity contribution < 1.29 is 13.6 Å². The van der Waals surface area contributed by atoms with Crippen molar-refractivity contribution in [2.45, 2.75) is 6.92 Å². The van der Waals surface area contributed by atoms with Crippen LogP contribution >= 0.6 is 0 Å². The molecule has 0 unspecified atom stereocenters. The number of hydrogen-bond donors (Lipinski definition) is 3. The molecule has 1 heterocycles. The molecule has 5 nitrogen and oxygen atoms in total. The molecular formula is C11H10F2N4O. The largest absolute Gasteiger partial charge is 0.394 e. The van der Waals surface area contributed by atoms with Crippen molar-refractivity contribution in [2.24, 2.45) is 0 Å². The Hall–Kier alpha value is -2.44. The number of nitrogens with zero attached hydrogens (tertiary/aromatic N) is 1. The number of H-pyrrole nitrogens is 1. The topological polar surface area (TPSA) is 83.8 Å². The summed E-state index contributed by atoms with van der Waals surface area (Å²) in [6.07, 6.45) is 0. The summed E-state index contributed by atoms with van der Waals surface area (Å²) in [5.41, 5.74) is 5.72. The minimum absolute atomic E-state index is 0.0418. The van der Waals surface area contributed by atoms with Crippen LogP contribution in [-0.2, 0) is 0 Å². The third kappa shape index (κ3) is 2.02. The second-order valence-electron chi connectivity index (χ2n) is 3.66. The zero-order chi connectivity index (χ0) is 13.3. The van der Waals surface area contributed by atoms with Crippen LogP contribution in [0.4, 0.5) is 20.3 Å². The van der Waals surface area contributed by atoms with Crippen LogP contribution in [0, 0.1) is 18.6 Å². The minimum atomic E-state index is -0.946. The maximum Gasteiger partial charge on any atom is 0.262 e. The lowest BCUT2D eigenvalue weighted by Crippen LogP contribution is -2.16. The summed E-state index contributed by atoms with van der Waals surface area (Å²) in [7, 11) is 0. The van der Waals surface area contributed by atoms with E-state index < -0.39 is 23.1 Å². The molecule has 0 fully saturated rings. The fourth-order valence-electron chi connectivity index (χ4n) is 1.42. The summed E-state index contributed by atoms with van der Waals surface area (Å²) >= 11 is 0. The van der Waals surface area contributed by atoms with Crippen molar-refractivity contribution in [1.82, 2.24) is 10.2 Å². The number of nitrogen functional groups attached to an aromatic ring is 1. The van der Waals surface area contributed by atoms with E-state index in [0.717, 1.165) is 12.1 Å². The summed E-state index contributed by atoms with van der Waals surface area (Å²) in [5, 5.41) is 8.50. The van der Waals surface area contributed by atoms with Crippen LogP contribution in [0.15, 0.2) is 18.2 Å². The molecule has 4 N–H and O–H groups in total. The van der Waals surface area contributed by atoms with Gasteiger partial charge in [0, 0.05) is 0 Å². The van der Waals surface area contributed by atoms with Crippen LogP contribution in [0.5, 0.6) is 0 Å². The van der Waals surface area contributed by atoms with Crippen molar-refractivity contribution in [2.75, 3.05) is 11.1 Å². The van der Waals surface area contributed by atoms with Crippen molar-refractivity contribution >= 4 is 17.4 Å². The molecule has 0 saturated heterocycles. The zero-order valence-electron chi connectivity index (χ0n) is 9.42. The normalized spacial score (nSPS) is 10.4. The highest BCUT2D eigenvalue weighted by atomic mass is 19.1. The maximum atomic E-state index is 13.3. The Labute approximate surface area is 101 Å². The number of amides is 1. The second-order valence-corrected chi connectivity index (χ2v) is 3.66. The molecule has 2 aromatic rings. The van der Waals surface area contributed by atoms with E-state index in [2.05, 4.69) is 15.5 Å². The van der Waals surface area contributed by atoms with Gasteiger partial charge in [-0.3, -0.25) is 9.89 Å². The van der Waals surface area contributed by atoms with Gasteiger partial charge in [-0.05, 0) is 19.1 Å². The van der Waals surface area contributed by atoms with Crippen LogP contribution in [0.2, 0.25) is 0 Å². The number of anilines is 2. The number of aryl methyl sites for hydroxylation is 1. The fourth-order valence-corrected chi connectivity index (χ4v) is 1.42. The second kappa shape index (κ2) is 4.44. The molecule has 2 rings (SSSR count). The van der Waals surface area contributed by atoms with Gasteiger partial charge in [0.05, 0.1) is 11.4 Å². The summed E-state index contributed by atoms with van der Waals surface area (Å²) in [6.45, 7) is 1.65. The first-order chi connectivity index (χ1) is 8.50. The van der Waals surface area contributed by atoms with E-state index in [0.29, 0.717) is 5.69 Å². The molecule has 0 radical (unpaired) electrons. The number of halogens is 2. The van der Waals surface area contributed by atoms with E-state index in [1.807, 2.05) is 0 Å². The molecule has 1 amide bonds. The van der Waals surface area contributed by atoms with Crippen molar-refractivity contribution in [3.8, 4) is 0 Å². The van der Waals surface area contributed by atoms with E-state index in [1.54, 1.807) is 6.92 Å². The summed E-state index contributed by atoms with van der Waals surface area (Å²) < 4.78 is 26.7. The molecular weight excluding hydrogens is 242 g/mol. The number of nitrogens with one attached hydrogen (secondary N) is 2. The van der Waals surface area contributed by atoms with Gasteiger partial charge in [-0.15, -0.1) is 0 Å². The highest BCUT2D eigenvalue weighted by Gasteiger charge is 2.19. The number of aromatic amines is 1. The lowest BCUT2D eigenvalue weighted by atomic mass is 10.2. The molecule has 0 aliphatic rings. The Morgan fingerprint density at radius 1 is 1.39 bits per heavy atom. The standard InChI is InChI=1S/C11H10F2N4O/c1-5-9(14)10(17-16-5)15-11(18)8-6(12)3-2-4-7(8)13/h2-4H,14H2,1H3,(H2,15,16,17,18). The number of nitrogens with two attached hydrogens (primary N) is 1. The van der Waals surface area contributed by atoms with Crippen LogP contribution in [0.3, 0.4) is 0 Å². The van der Waals surface area contributed by atoms with Gasteiger partial charge in [0.2, 0.25) is 0 Å². The quantitative estimate of drug-likeness (QED) is 0.762. The van der Waals surface area contributed by atoms with Gasteiger partial charge in [0.25, 0.3) is 5.91 Å². The number of rotatable bonds is 2. The lowest BCUT2D eigenvalue weighted by molar-refractivity contribution is 0.101. The third-order valence-corrected chi connectivity index (χ3v) is 2.42. The van der Waals surface area contributed by atoms with Gasteiger partial charge in [-0.2, -0.15) is 5.10 Å². The van der Waals surface area contributed by atoms with Crippen LogP contribution in [0.1, 0.15) is 16.1 Å². The summed E-state index contributed by atoms with van der Waals surface area (Å²) in [5.74, 6) is -2.79. The molecule has 7 heteroatoms. The van der Waals surface area contributed by atoms with Crippen LogP contribution in [-0.4, -0.2) is 16.1 Å². The van der Waals surface area contributed by atoms with Gasteiger partial charge in [-0.1, -0.05) is 6.07 Å². The molecule has 0 aliphatic heterocycles. The van der Waals surface area contributed by atoms with Crippen molar-refractivity contribution in [1.29, 1.82) is 0 Å². The Morgan fingerprint density at radius 2 is 2.00 bits per heavy atom. The van der Waals surface area contributed by atoms with Gasteiger partial charge in [0.15, 0.2) is 5.82 Å². The van der Waals surface area contributed by atoms with Gasteiger partial charge >= 0.3 is 0 Å². The van der Waals surface area contributed by atoms with Gasteiger partial charge in [-0.25, -0.2) is 8.78 Å². The smallest absolute Gasteiger partial charge is 0.262 e.